The average molecular weight is 289 g/mol. The molecule has 4 heteroatoms. The molecule has 0 amide bonds. The van der Waals surface area contributed by atoms with Crippen LogP contribution in [-0.2, 0) is 11.3 Å². The quantitative estimate of drug-likeness (QED) is 0.438. The van der Waals surface area contributed by atoms with Crippen LogP contribution in [0, 0.1) is 0 Å². The van der Waals surface area contributed by atoms with E-state index in [4.69, 9.17) is 4.84 Å². The third kappa shape index (κ3) is 6.27. The van der Waals surface area contributed by atoms with E-state index >= 15 is 0 Å². The van der Waals surface area contributed by atoms with Gasteiger partial charge in [-0.15, -0.1) is 0 Å². The summed E-state index contributed by atoms with van der Waals surface area (Å²) in [6, 6.07) is 10.4. The van der Waals surface area contributed by atoms with Crippen LogP contribution in [0.2, 0.25) is 0 Å². The molecule has 1 saturated heterocycles. The first-order valence-electron chi connectivity index (χ1n) is 7.84. The molecule has 21 heavy (non-hydrogen) atoms. The third-order valence-corrected chi connectivity index (χ3v) is 3.83. The first-order chi connectivity index (χ1) is 10.2. The number of oxime groups is 1. The molecule has 1 aliphatic rings. The summed E-state index contributed by atoms with van der Waals surface area (Å²) in [6.07, 6.45) is 1.91. The van der Waals surface area contributed by atoms with Gasteiger partial charge in [0.15, 0.2) is 0 Å². The molecule has 0 radical (unpaired) electrons. The molecule has 0 N–H and O–H groups in total. The number of nitrogens with zero attached hydrogens (tertiary/aromatic N) is 3. The van der Waals surface area contributed by atoms with E-state index in [2.05, 4.69) is 46.3 Å². The van der Waals surface area contributed by atoms with E-state index in [1.54, 1.807) is 0 Å². The van der Waals surface area contributed by atoms with E-state index in [0.717, 1.165) is 25.1 Å². The van der Waals surface area contributed by atoms with Gasteiger partial charge >= 0.3 is 0 Å². The molecule has 1 heterocycles. The molecule has 1 aromatic carbocycles. The van der Waals surface area contributed by atoms with Gasteiger partial charge in [-0.2, -0.15) is 0 Å². The second kappa shape index (κ2) is 8.80. The van der Waals surface area contributed by atoms with Gasteiger partial charge in [0, 0.05) is 39.1 Å². The number of piperazine rings is 1. The molecule has 0 aliphatic carbocycles. The van der Waals surface area contributed by atoms with Crippen LogP contribution >= 0.6 is 0 Å². The summed E-state index contributed by atoms with van der Waals surface area (Å²) in [5, 5.41) is 4.20. The van der Waals surface area contributed by atoms with Crippen molar-refractivity contribution >= 4 is 5.71 Å². The van der Waals surface area contributed by atoms with Crippen molar-refractivity contribution in [1.29, 1.82) is 0 Å². The number of hydrogen-bond acceptors (Lipinski definition) is 4. The SMILES string of the molecule is C/C(Cc1ccccc1)=N\OCCCN1CCN(C)CC1. The number of benzene rings is 1. The fourth-order valence-electron chi connectivity index (χ4n) is 2.50. The minimum absolute atomic E-state index is 0.707. The number of likely N-dealkylation sites (N-methyl/N-ethyl adjacent to an activating group) is 1. The summed E-state index contributed by atoms with van der Waals surface area (Å²) in [7, 11) is 2.19. The minimum atomic E-state index is 0.707. The van der Waals surface area contributed by atoms with E-state index in [9.17, 15) is 0 Å². The van der Waals surface area contributed by atoms with E-state index < -0.39 is 0 Å². The second-order valence-corrected chi connectivity index (χ2v) is 5.82. The Morgan fingerprint density at radius 1 is 1.14 bits per heavy atom. The van der Waals surface area contributed by atoms with Crippen molar-refractivity contribution in [2.45, 2.75) is 19.8 Å². The Kier molecular flexibility index (Phi) is 6.70. The summed E-state index contributed by atoms with van der Waals surface area (Å²) in [6.45, 7) is 8.54. The zero-order valence-electron chi connectivity index (χ0n) is 13.3. The lowest BCUT2D eigenvalue weighted by atomic mass is 10.1. The maximum Gasteiger partial charge on any atom is 0.118 e. The highest BCUT2D eigenvalue weighted by atomic mass is 16.6. The van der Waals surface area contributed by atoms with Crippen LogP contribution < -0.4 is 0 Å². The van der Waals surface area contributed by atoms with Gasteiger partial charge in [-0.05, 0) is 26.0 Å². The van der Waals surface area contributed by atoms with Crippen molar-refractivity contribution in [2.75, 3.05) is 46.4 Å². The molecule has 0 bridgehead atoms. The highest BCUT2D eigenvalue weighted by molar-refractivity contribution is 5.83. The molecule has 0 unspecified atom stereocenters. The molecule has 0 atom stereocenters. The van der Waals surface area contributed by atoms with Gasteiger partial charge in [0.25, 0.3) is 0 Å². The highest BCUT2D eigenvalue weighted by Crippen LogP contribution is 2.02. The average Bonchev–Trinajstić information content (AvgIpc) is 2.50. The molecule has 0 spiro atoms. The fraction of sp³-hybridized carbons (Fsp3) is 0.588. The topological polar surface area (TPSA) is 28.1 Å². The monoisotopic (exact) mass is 289 g/mol. The number of rotatable bonds is 7. The highest BCUT2D eigenvalue weighted by Gasteiger charge is 2.12. The molecule has 0 saturated carbocycles. The van der Waals surface area contributed by atoms with Gasteiger partial charge in [-0.25, -0.2) is 0 Å². The van der Waals surface area contributed by atoms with Crippen LogP contribution in [0.5, 0.6) is 0 Å². The Morgan fingerprint density at radius 3 is 2.57 bits per heavy atom. The smallest absolute Gasteiger partial charge is 0.118 e. The predicted octanol–water partition coefficient (Wildman–Crippen LogP) is 2.26. The van der Waals surface area contributed by atoms with Crippen LogP contribution in [0.25, 0.3) is 0 Å². The van der Waals surface area contributed by atoms with E-state index in [1.807, 2.05) is 13.0 Å². The first kappa shape index (κ1) is 16.0. The van der Waals surface area contributed by atoms with Gasteiger partial charge in [0.2, 0.25) is 0 Å². The summed E-state index contributed by atoms with van der Waals surface area (Å²) in [4.78, 5) is 10.3. The van der Waals surface area contributed by atoms with Gasteiger partial charge < -0.3 is 14.6 Å². The summed E-state index contributed by atoms with van der Waals surface area (Å²) in [5.74, 6) is 0. The lowest BCUT2D eigenvalue weighted by Gasteiger charge is -2.32. The maximum atomic E-state index is 5.43. The van der Waals surface area contributed by atoms with Crippen molar-refractivity contribution in [1.82, 2.24) is 9.80 Å². The molecule has 4 nitrogen and oxygen atoms in total. The van der Waals surface area contributed by atoms with Crippen LogP contribution in [0.1, 0.15) is 18.9 Å². The molecule has 1 aliphatic heterocycles. The van der Waals surface area contributed by atoms with Gasteiger partial charge in [0.1, 0.15) is 6.61 Å². The van der Waals surface area contributed by atoms with E-state index in [1.165, 1.54) is 31.7 Å². The Balaban J connectivity index is 1.57. The molecular formula is C17H27N3O. The number of hydrogen-bond donors (Lipinski definition) is 0. The van der Waals surface area contributed by atoms with Crippen LogP contribution in [0.3, 0.4) is 0 Å². The Bertz CT molecular complexity index is 425. The Labute approximate surface area is 128 Å². The summed E-state index contributed by atoms with van der Waals surface area (Å²) < 4.78 is 0. The molecule has 116 valence electrons. The molecule has 0 aromatic heterocycles. The van der Waals surface area contributed by atoms with Crippen LogP contribution in [0.4, 0.5) is 0 Å². The Morgan fingerprint density at radius 2 is 1.86 bits per heavy atom. The van der Waals surface area contributed by atoms with E-state index in [0.29, 0.717) is 6.61 Å². The van der Waals surface area contributed by atoms with Crippen LogP contribution in [0.15, 0.2) is 35.5 Å². The zero-order chi connectivity index (χ0) is 14.9. The van der Waals surface area contributed by atoms with Gasteiger partial charge in [-0.3, -0.25) is 0 Å². The largest absolute Gasteiger partial charge is 0.396 e. The fourth-order valence-corrected chi connectivity index (χ4v) is 2.50. The van der Waals surface area contributed by atoms with Crippen molar-refractivity contribution in [3.8, 4) is 0 Å². The Hall–Kier alpha value is -1.39. The minimum Gasteiger partial charge on any atom is -0.396 e. The molecule has 2 rings (SSSR count). The zero-order valence-corrected chi connectivity index (χ0v) is 13.3. The summed E-state index contributed by atoms with van der Waals surface area (Å²) >= 11 is 0. The molecule has 1 aromatic rings. The van der Waals surface area contributed by atoms with Crippen molar-refractivity contribution in [2.24, 2.45) is 5.16 Å². The second-order valence-electron chi connectivity index (χ2n) is 5.82. The van der Waals surface area contributed by atoms with Gasteiger partial charge in [-0.1, -0.05) is 35.5 Å². The normalized spacial score (nSPS) is 17.9. The van der Waals surface area contributed by atoms with Gasteiger partial charge in [0.05, 0.1) is 5.71 Å². The molecule has 1 fully saturated rings. The van der Waals surface area contributed by atoms with Crippen molar-refractivity contribution in [3.63, 3.8) is 0 Å². The van der Waals surface area contributed by atoms with Crippen molar-refractivity contribution in [3.05, 3.63) is 35.9 Å². The summed E-state index contributed by atoms with van der Waals surface area (Å²) in [5.41, 5.74) is 2.31. The van der Waals surface area contributed by atoms with Crippen LogP contribution in [-0.4, -0.2) is 61.9 Å². The third-order valence-electron chi connectivity index (χ3n) is 3.83. The lowest BCUT2D eigenvalue weighted by Crippen LogP contribution is -2.44. The predicted molar refractivity (Wildman–Crippen MR) is 87.8 cm³/mol. The first-order valence-corrected chi connectivity index (χ1v) is 7.84. The molecular weight excluding hydrogens is 262 g/mol. The van der Waals surface area contributed by atoms with Crippen molar-refractivity contribution < 1.29 is 4.84 Å². The van der Waals surface area contributed by atoms with E-state index in [-0.39, 0.29) is 0 Å². The lowest BCUT2D eigenvalue weighted by molar-refractivity contribution is 0.110. The standard InChI is InChI=1S/C17H27N3O/c1-16(15-17-7-4-3-5-8-17)18-21-14-6-9-20-12-10-19(2)11-13-20/h3-5,7-8H,6,9-15H2,1-2H3/b18-16+. The maximum absolute atomic E-state index is 5.43.